The van der Waals surface area contributed by atoms with Crippen LogP contribution in [0.25, 0.3) is 0 Å². The van der Waals surface area contributed by atoms with Gasteiger partial charge in [-0.15, -0.1) is 0 Å². The van der Waals surface area contributed by atoms with E-state index in [4.69, 9.17) is 9.05 Å². The van der Waals surface area contributed by atoms with Crippen molar-refractivity contribution >= 4 is 73.2 Å². The third kappa shape index (κ3) is 9.57. The van der Waals surface area contributed by atoms with Crippen LogP contribution in [0.5, 0.6) is 0 Å². The van der Waals surface area contributed by atoms with Crippen LogP contribution in [-0.2, 0) is 18.5 Å². The van der Waals surface area contributed by atoms with Crippen molar-refractivity contribution < 1.29 is 18.5 Å². The van der Waals surface area contributed by atoms with Gasteiger partial charge in [-0.25, -0.2) is 0 Å². The van der Waals surface area contributed by atoms with E-state index in [0.29, 0.717) is 12.2 Å². The number of likely N-dealkylation sites (N-methyl/N-ethyl adjacent to an activating group) is 1. The average molecular weight is 694 g/mol. The normalized spacial score (nSPS) is 24.1. The Morgan fingerprint density at radius 2 is 1.81 bits per heavy atom. The Bertz CT molecular complexity index is 377. The summed E-state index contributed by atoms with van der Waals surface area (Å²) in [6.07, 6.45) is 0.291. The number of rotatable bonds is 4. The average Bonchev–Trinajstić information content (AvgIpc) is 2.53. The van der Waals surface area contributed by atoms with Gasteiger partial charge in [0.15, 0.2) is 0 Å². The van der Waals surface area contributed by atoms with E-state index in [1.54, 1.807) is 0 Å². The molecule has 1 aliphatic heterocycles. The number of nitrogens with zero attached hydrogens (tertiary/aromatic N) is 2. The molecule has 21 heavy (non-hydrogen) atoms. The van der Waals surface area contributed by atoms with Crippen molar-refractivity contribution in [2.75, 3.05) is 40.5 Å². The zero-order valence-corrected chi connectivity index (χ0v) is 21.7. The van der Waals surface area contributed by atoms with E-state index >= 15 is 0 Å². The van der Waals surface area contributed by atoms with Crippen LogP contribution in [-0.4, -0.2) is 57.2 Å². The van der Waals surface area contributed by atoms with Crippen LogP contribution in [0.1, 0.15) is 13.8 Å². The molecule has 1 aliphatic rings. The van der Waals surface area contributed by atoms with Gasteiger partial charge in [-0.05, 0) is 14.0 Å². The number of hydrogen-bond donors (Lipinski definition) is 0. The molecule has 10 heteroatoms. The van der Waals surface area contributed by atoms with Gasteiger partial charge in [-0.1, -0.05) is 6.92 Å². The summed E-state index contributed by atoms with van der Waals surface area (Å²) < 4.78 is 22.1. The molecule has 0 fully saturated rings. The number of halogens is 3. The molecule has 0 saturated carbocycles. The number of hydrogen-bond acceptors (Lipinski definition) is 5. The predicted octanol–water partition coefficient (Wildman–Crippen LogP) is 4.54. The Labute approximate surface area is 166 Å². The van der Waals surface area contributed by atoms with Gasteiger partial charge >= 0.3 is 72.5 Å². The van der Waals surface area contributed by atoms with Crippen LogP contribution >= 0.6 is 67.5 Å². The van der Waals surface area contributed by atoms with E-state index in [9.17, 15) is 4.57 Å². The maximum absolute atomic E-state index is 12.1. The Morgan fingerprint density at radius 3 is 2.24 bits per heavy atom. The van der Waals surface area contributed by atoms with Gasteiger partial charge in [-0.2, -0.15) is 0 Å². The summed E-state index contributed by atoms with van der Waals surface area (Å²) in [5.41, 5.74) is 0.939. The van der Waals surface area contributed by atoms with Crippen LogP contribution in [0.2, 0.25) is 0 Å². The van der Waals surface area contributed by atoms with Crippen molar-refractivity contribution in [3.05, 3.63) is 0 Å². The molecule has 0 aliphatic carbocycles. The molecule has 0 spiro atoms. The molecule has 0 saturated heterocycles. The molecule has 0 aromatic heterocycles. The van der Waals surface area contributed by atoms with Gasteiger partial charge in [0.05, 0.1) is 12.7 Å². The fraction of sp³-hybridized carbons (Fsp3) is 0.909. The molecule has 1 heterocycles. The molecule has 0 aromatic rings. The summed E-state index contributed by atoms with van der Waals surface area (Å²) in [5.74, 6) is 0.265. The summed E-state index contributed by atoms with van der Waals surface area (Å²) in [7, 11) is 1.92. The molecule has 0 radical (unpaired) electrons. The van der Waals surface area contributed by atoms with Gasteiger partial charge in [0.25, 0.3) is 0 Å². The SMILES string of the molecule is COP(=O)(CC1=NCCN(C)C(C)C1C)OC.[I][V]([I])[I]. The van der Waals surface area contributed by atoms with Gasteiger partial charge in [0.1, 0.15) is 0 Å². The van der Waals surface area contributed by atoms with Crippen LogP contribution in [0, 0.1) is 5.92 Å². The molecule has 5 nitrogen and oxygen atoms in total. The van der Waals surface area contributed by atoms with Crippen LogP contribution < -0.4 is 0 Å². The molecular formula is C11H23I3N2O3PV. The quantitative estimate of drug-likeness (QED) is 0.321. The molecule has 2 unspecified atom stereocenters. The van der Waals surface area contributed by atoms with Crippen LogP contribution in [0.3, 0.4) is 0 Å². The zero-order valence-electron chi connectivity index (χ0n) is 12.9. The van der Waals surface area contributed by atoms with Gasteiger partial charge in [0, 0.05) is 38.4 Å². The van der Waals surface area contributed by atoms with E-state index in [-0.39, 0.29) is 10.8 Å². The van der Waals surface area contributed by atoms with Crippen molar-refractivity contribution in [2.45, 2.75) is 19.9 Å². The van der Waals surface area contributed by atoms with E-state index in [2.05, 4.69) is 90.7 Å². The van der Waals surface area contributed by atoms with Crippen molar-refractivity contribution in [1.29, 1.82) is 0 Å². The first kappa shape index (κ1) is 23.6. The minimum atomic E-state index is -3.00. The Hall–Kier alpha value is 2.55. The molecule has 126 valence electrons. The maximum atomic E-state index is 12.1. The second kappa shape index (κ2) is 12.0. The molecule has 0 N–H and O–H groups in total. The van der Waals surface area contributed by atoms with Gasteiger partial charge in [0.2, 0.25) is 0 Å². The summed E-state index contributed by atoms with van der Waals surface area (Å²) in [6.45, 7) is 5.95. The van der Waals surface area contributed by atoms with Crippen molar-refractivity contribution in [3.8, 4) is 0 Å². The van der Waals surface area contributed by atoms with Crippen molar-refractivity contribution in [3.63, 3.8) is 0 Å². The second-order valence-electron chi connectivity index (χ2n) is 4.71. The van der Waals surface area contributed by atoms with Crippen molar-refractivity contribution in [2.24, 2.45) is 10.9 Å². The van der Waals surface area contributed by atoms with Crippen LogP contribution in [0.4, 0.5) is 0 Å². The van der Waals surface area contributed by atoms with Crippen LogP contribution in [0.15, 0.2) is 4.99 Å². The summed E-state index contributed by atoms with van der Waals surface area (Å²) >= 11 is 7.39. The third-order valence-electron chi connectivity index (χ3n) is 3.62. The minimum absolute atomic E-state index is 0.265. The van der Waals surface area contributed by atoms with Crippen molar-refractivity contribution in [1.82, 2.24) is 4.90 Å². The molecule has 2 atom stereocenters. The standard InChI is InChI=1S/C11H23N2O3P.3HI.V/c1-9-10(2)13(3)7-6-12-11(9)8-17(14,15-4)16-5;;;;/h9-10H,6-8H2,1-5H3;3*1H;/q;;;;+3/p-3. The van der Waals surface area contributed by atoms with E-state index in [0.717, 1.165) is 18.8 Å². The zero-order chi connectivity index (χ0) is 16.6. The molecule has 1 rings (SSSR count). The second-order valence-corrected chi connectivity index (χ2v) is 42.3. The van der Waals surface area contributed by atoms with E-state index in [1.165, 1.54) is 14.2 Å². The fourth-order valence-electron chi connectivity index (χ4n) is 1.96. The van der Waals surface area contributed by atoms with Gasteiger partial charge in [-0.3, -0.25) is 9.56 Å². The monoisotopic (exact) mass is 694 g/mol. The topological polar surface area (TPSA) is 51.1 Å². The summed E-state index contributed by atoms with van der Waals surface area (Å²) in [6, 6.07) is 0.387. The predicted molar refractivity (Wildman–Crippen MR) is 112 cm³/mol. The Kier molecular flexibility index (Phi) is 13.5. The molecule has 0 amide bonds. The Balaban J connectivity index is 0.000000885. The fourth-order valence-corrected chi connectivity index (χ4v) is 3.15. The van der Waals surface area contributed by atoms with E-state index in [1.807, 2.05) is 0 Å². The van der Waals surface area contributed by atoms with Gasteiger partial charge < -0.3 is 13.9 Å². The first-order valence-electron chi connectivity index (χ1n) is 6.38. The van der Waals surface area contributed by atoms with E-state index < -0.39 is 7.60 Å². The molecule has 0 aromatic carbocycles. The molecular weight excluding hydrogens is 671 g/mol. The summed E-state index contributed by atoms with van der Waals surface area (Å²) in [5, 5.41) is 0. The molecule has 0 bridgehead atoms. The first-order chi connectivity index (χ1) is 9.66. The summed E-state index contributed by atoms with van der Waals surface area (Å²) in [4.78, 5) is 6.52. The third-order valence-corrected chi connectivity index (χ3v) is 5.45. The number of aliphatic imine (C=N–C) groups is 1. The Morgan fingerprint density at radius 1 is 1.33 bits per heavy atom. The first-order valence-corrected chi connectivity index (χ1v) is 21.6.